The minimum atomic E-state index is -0.422. The number of pyridine rings is 1. The number of hydrogen-bond donors (Lipinski definition) is 3. The van der Waals surface area contributed by atoms with Crippen LogP contribution in [0.2, 0.25) is 5.02 Å². The van der Waals surface area contributed by atoms with Crippen molar-refractivity contribution in [3.8, 4) is 11.1 Å². The summed E-state index contributed by atoms with van der Waals surface area (Å²) in [6.07, 6.45) is 7.27. The maximum Gasteiger partial charge on any atom is 0.147 e. The second-order valence-corrected chi connectivity index (χ2v) is 9.75. The van der Waals surface area contributed by atoms with Gasteiger partial charge in [0.25, 0.3) is 0 Å². The van der Waals surface area contributed by atoms with E-state index in [4.69, 9.17) is 17.3 Å². The number of nitrogens with two attached hydrogens (primary N) is 1. The highest BCUT2D eigenvalue weighted by Gasteiger charge is 2.13. The number of rotatable bonds is 11. The Bertz CT molecular complexity index is 1240. The van der Waals surface area contributed by atoms with Gasteiger partial charge in [-0.05, 0) is 68.0 Å². The summed E-state index contributed by atoms with van der Waals surface area (Å²) >= 11 is 6.27. The first-order valence-electron chi connectivity index (χ1n) is 12.5. The first kappa shape index (κ1) is 28.2. The molecule has 4 N–H and O–H groups in total. The largest absolute Gasteiger partial charge is 0.396 e. The highest BCUT2D eigenvalue weighted by atomic mass is 35.5. The quantitative estimate of drug-likeness (QED) is 0.243. The van der Waals surface area contributed by atoms with E-state index < -0.39 is 5.82 Å². The van der Waals surface area contributed by atoms with Crippen molar-refractivity contribution in [3.63, 3.8) is 0 Å². The minimum Gasteiger partial charge on any atom is -0.396 e. The van der Waals surface area contributed by atoms with Gasteiger partial charge < -0.3 is 21.1 Å². The highest BCUT2D eigenvalue weighted by molar-refractivity contribution is 6.33. The SMILES string of the molecule is CCC(CCO)CN(/C=C(\C)Nc1ccc(-c2c(Cl)ccnc2N)cc1F)/C=C(\C)c1ccc(C)cc1. The van der Waals surface area contributed by atoms with Crippen LogP contribution in [0.1, 0.15) is 44.7 Å². The zero-order valence-corrected chi connectivity index (χ0v) is 22.7. The molecule has 5 nitrogen and oxygen atoms in total. The van der Waals surface area contributed by atoms with Gasteiger partial charge in [-0.25, -0.2) is 9.37 Å². The maximum atomic E-state index is 15.1. The highest BCUT2D eigenvalue weighted by Crippen LogP contribution is 2.33. The molecule has 1 atom stereocenters. The molecule has 37 heavy (non-hydrogen) atoms. The molecule has 0 aliphatic heterocycles. The fourth-order valence-corrected chi connectivity index (χ4v) is 4.45. The molecule has 0 radical (unpaired) electrons. The van der Waals surface area contributed by atoms with Crippen LogP contribution in [-0.2, 0) is 0 Å². The maximum absolute atomic E-state index is 15.1. The van der Waals surface area contributed by atoms with Crippen molar-refractivity contribution in [1.29, 1.82) is 0 Å². The molecule has 3 rings (SSSR count). The van der Waals surface area contributed by atoms with Gasteiger partial charge in [-0.1, -0.05) is 60.8 Å². The van der Waals surface area contributed by atoms with Crippen molar-refractivity contribution in [2.45, 2.75) is 40.5 Å². The minimum absolute atomic E-state index is 0.150. The summed E-state index contributed by atoms with van der Waals surface area (Å²) in [4.78, 5) is 6.18. The van der Waals surface area contributed by atoms with Crippen molar-refractivity contribution in [2.24, 2.45) is 5.92 Å². The number of nitrogens with one attached hydrogen (secondary N) is 1. The first-order valence-corrected chi connectivity index (χ1v) is 12.9. The summed E-state index contributed by atoms with van der Waals surface area (Å²) in [5.41, 5.74) is 11.6. The van der Waals surface area contributed by atoms with E-state index in [0.29, 0.717) is 27.8 Å². The number of benzene rings is 2. The van der Waals surface area contributed by atoms with E-state index in [1.807, 2.05) is 13.1 Å². The van der Waals surface area contributed by atoms with Crippen LogP contribution in [0.25, 0.3) is 16.7 Å². The van der Waals surface area contributed by atoms with Crippen LogP contribution in [0.15, 0.2) is 72.8 Å². The summed E-state index contributed by atoms with van der Waals surface area (Å²) in [5, 5.41) is 13.1. The lowest BCUT2D eigenvalue weighted by Gasteiger charge is -2.24. The molecule has 196 valence electrons. The number of hydrogen-bond acceptors (Lipinski definition) is 5. The van der Waals surface area contributed by atoms with Gasteiger partial charge in [0.1, 0.15) is 11.6 Å². The number of aryl methyl sites for hydroxylation is 1. The fourth-order valence-electron chi connectivity index (χ4n) is 4.19. The van der Waals surface area contributed by atoms with Crippen molar-refractivity contribution in [2.75, 3.05) is 24.2 Å². The van der Waals surface area contributed by atoms with Crippen LogP contribution in [0, 0.1) is 18.7 Å². The Balaban J connectivity index is 1.86. The van der Waals surface area contributed by atoms with Crippen LogP contribution in [0.3, 0.4) is 0 Å². The third kappa shape index (κ3) is 7.81. The van der Waals surface area contributed by atoms with Crippen LogP contribution in [0.4, 0.5) is 15.9 Å². The van der Waals surface area contributed by atoms with Crippen molar-refractivity contribution in [1.82, 2.24) is 9.88 Å². The van der Waals surface area contributed by atoms with Crippen molar-refractivity contribution >= 4 is 28.7 Å². The Morgan fingerprint density at radius 2 is 1.89 bits per heavy atom. The monoisotopic (exact) mass is 522 g/mol. The molecule has 1 aromatic heterocycles. The average Bonchev–Trinajstić information content (AvgIpc) is 2.85. The van der Waals surface area contributed by atoms with E-state index in [2.05, 4.69) is 66.4 Å². The van der Waals surface area contributed by atoms with Crippen LogP contribution >= 0.6 is 11.6 Å². The Kier molecular flexibility index (Phi) is 10.1. The third-order valence-electron chi connectivity index (χ3n) is 6.33. The van der Waals surface area contributed by atoms with Crippen LogP contribution in [0.5, 0.6) is 0 Å². The predicted octanol–water partition coefficient (Wildman–Crippen LogP) is 7.48. The molecule has 0 bridgehead atoms. The summed E-state index contributed by atoms with van der Waals surface area (Å²) in [5.74, 6) is 0.152. The first-order chi connectivity index (χ1) is 17.7. The number of nitrogens with zero attached hydrogens (tertiary/aromatic N) is 2. The molecule has 0 fully saturated rings. The molecule has 0 saturated carbocycles. The Morgan fingerprint density at radius 3 is 2.51 bits per heavy atom. The molecule has 3 aromatic rings. The molecule has 7 heteroatoms. The van der Waals surface area contributed by atoms with Crippen molar-refractivity contribution in [3.05, 3.63) is 94.8 Å². The van der Waals surface area contributed by atoms with E-state index in [1.54, 1.807) is 18.2 Å². The molecule has 0 aliphatic rings. The standard InChI is InChI=1S/C30H36ClFN4O/c1-5-23(13-15-37)19-36(17-21(3)24-8-6-20(2)7-9-24)18-22(4)35-28-11-10-25(16-27(28)32)29-26(31)12-14-34-30(29)33/h6-12,14,16-18,23,35,37H,5,13,15,19H2,1-4H3,(H2,33,34)/b21-17+,22-18+. The normalized spacial score (nSPS) is 12.9. The molecule has 0 amide bonds. The fraction of sp³-hybridized carbons (Fsp3) is 0.300. The molecular weight excluding hydrogens is 487 g/mol. The van der Waals surface area contributed by atoms with Gasteiger partial charge in [-0.15, -0.1) is 0 Å². The van der Waals surface area contributed by atoms with Crippen LogP contribution < -0.4 is 11.1 Å². The second-order valence-electron chi connectivity index (χ2n) is 9.35. The van der Waals surface area contributed by atoms with E-state index in [0.717, 1.165) is 36.2 Å². The Morgan fingerprint density at radius 1 is 1.16 bits per heavy atom. The lowest BCUT2D eigenvalue weighted by Crippen LogP contribution is -2.22. The average molecular weight is 523 g/mol. The third-order valence-corrected chi connectivity index (χ3v) is 6.64. The molecule has 0 spiro atoms. The molecular formula is C30H36ClFN4O. The molecule has 1 unspecified atom stereocenters. The van der Waals surface area contributed by atoms with E-state index in [1.165, 1.54) is 17.8 Å². The van der Waals surface area contributed by atoms with Gasteiger partial charge in [0, 0.05) is 43.0 Å². The summed E-state index contributed by atoms with van der Waals surface area (Å²) < 4.78 is 15.1. The zero-order chi connectivity index (χ0) is 26.9. The van der Waals surface area contributed by atoms with E-state index in [-0.39, 0.29) is 12.4 Å². The lowest BCUT2D eigenvalue weighted by atomic mass is 10.0. The summed E-state index contributed by atoms with van der Waals surface area (Å²) in [6.45, 7) is 9.06. The van der Waals surface area contributed by atoms with Gasteiger partial charge in [0.15, 0.2) is 0 Å². The Labute approximate surface area is 224 Å². The number of aliphatic hydroxyl groups excluding tert-OH is 1. The number of anilines is 2. The van der Waals surface area contributed by atoms with Gasteiger partial charge in [0.05, 0.1) is 10.7 Å². The van der Waals surface area contributed by atoms with E-state index >= 15 is 4.39 Å². The summed E-state index contributed by atoms with van der Waals surface area (Å²) in [6, 6.07) is 14.9. The van der Waals surface area contributed by atoms with E-state index in [9.17, 15) is 5.11 Å². The number of aliphatic hydroxyl groups is 1. The molecule has 0 saturated heterocycles. The van der Waals surface area contributed by atoms with Gasteiger partial charge in [0.2, 0.25) is 0 Å². The van der Waals surface area contributed by atoms with Crippen molar-refractivity contribution < 1.29 is 9.50 Å². The van der Waals surface area contributed by atoms with Gasteiger partial charge in [-0.2, -0.15) is 0 Å². The van der Waals surface area contributed by atoms with Gasteiger partial charge >= 0.3 is 0 Å². The number of halogens is 2. The molecule has 1 heterocycles. The molecule has 2 aromatic carbocycles. The lowest BCUT2D eigenvalue weighted by molar-refractivity contribution is 0.238. The number of allylic oxidation sites excluding steroid dienone is 2. The second kappa shape index (κ2) is 13.3. The molecule has 0 aliphatic carbocycles. The van der Waals surface area contributed by atoms with Gasteiger partial charge in [-0.3, -0.25) is 0 Å². The summed E-state index contributed by atoms with van der Waals surface area (Å²) in [7, 11) is 0. The number of aromatic nitrogens is 1. The smallest absolute Gasteiger partial charge is 0.147 e. The predicted molar refractivity (Wildman–Crippen MR) is 153 cm³/mol. The topological polar surface area (TPSA) is 74.4 Å². The Hall–Kier alpha value is -3.35. The zero-order valence-electron chi connectivity index (χ0n) is 21.9. The van der Waals surface area contributed by atoms with Crippen LogP contribution in [-0.4, -0.2) is 28.1 Å². The number of nitrogen functional groups attached to an aromatic ring is 1.